The molecule has 0 saturated heterocycles. The van der Waals surface area contributed by atoms with Gasteiger partial charge < -0.3 is 16.9 Å². The molecular formula is C10H11ClN2O. The Morgan fingerprint density at radius 3 is 2.43 bits per heavy atom. The zero-order chi connectivity index (χ0) is 9.26. The largest absolute Gasteiger partial charge is 1.00 e. The van der Waals surface area contributed by atoms with E-state index in [-0.39, 0.29) is 12.4 Å². The van der Waals surface area contributed by atoms with Crippen LogP contribution in [0.5, 0.6) is 0 Å². The maximum absolute atomic E-state index is 4.99. The van der Waals surface area contributed by atoms with E-state index in [0.29, 0.717) is 0 Å². The smallest absolute Gasteiger partial charge is 0.169 e. The van der Waals surface area contributed by atoms with Gasteiger partial charge in [0.25, 0.3) is 0 Å². The maximum atomic E-state index is 4.99. The highest BCUT2D eigenvalue weighted by Gasteiger charge is 2.04. The Labute approximate surface area is 88.8 Å². The molecule has 0 atom stereocenters. The van der Waals surface area contributed by atoms with E-state index in [9.17, 15) is 0 Å². The van der Waals surface area contributed by atoms with Crippen LogP contribution < -0.4 is 17.0 Å². The Balaban J connectivity index is 0.000000980. The van der Waals surface area contributed by atoms with Gasteiger partial charge in [0.1, 0.15) is 18.5 Å². The number of hydrogen-bond acceptors (Lipinski definition) is 2. The molecule has 0 aliphatic rings. The molecule has 0 unspecified atom stereocenters. The minimum absolute atomic E-state index is 0. The molecule has 0 saturated carbocycles. The van der Waals surface area contributed by atoms with Crippen LogP contribution in [-0.4, -0.2) is 5.16 Å². The molecule has 4 heteroatoms. The summed E-state index contributed by atoms with van der Waals surface area (Å²) < 4.78 is 6.97. The normalized spacial score (nSPS) is 9.57. The van der Waals surface area contributed by atoms with E-state index in [1.54, 1.807) is 0 Å². The Hall–Kier alpha value is -1.35. The standard InChI is InChI=1S/C10H11N2O.ClH/c1-8-7-10(11-13-8)9-3-5-12(2)6-4-9;/h3-7H,1-2H3;1H/q+1;/p-1. The second kappa shape index (κ2) is 4.24. The quantitative estimate of drug-likeness (QED) is 0.535. The highest BCUT2D eigenvalue weighted by Crippen LogP contribution is 2.16. The van der Waals surface area contributed by atoms with Crippen molar-refractivity contribution in [1.29, 1.82) is 0 Å². The van der Waals surface area contributed by atoms with Gasteiger partial charge in [-0.05, 0) is 6.92 Å². The minimum atomic E-state index is 0. The number of hydrogen-bond donors (Lipinski definition) is 0. The molecule has 3 nitrogen and oxygen atoms in total. The van der Waals surface area contributed by atoms with Crippen LogP contribution in [0, 0.1) is 6.92 Å². The van der Waals surface area contributed by atoms with E-state index in [4.69, 9.17) is 4.52 Å². The lowest BCUT2D eigenvalue weighted by atomic mass is 10.2. The van der Waals surface area contributed by atoms with E-state index in [1.165, 1.54) is 0 Å². The summed E-state index contributed by atoms with van der Waals surface area (Å²) >= 11 is 0. The van der Waals surface area contributed by atoms with Gasteiger partial charge in [-0.15, -0.1) is 0 Å². The first-order valence-electron chi connectivity index (χ1n) is 4.15. The molecule has 0 aliphatic carbocycles. The summed E-state index contributed by atoms with van der Waals surface area (Å²) in [5.41, 5.74) is 1.97. The molecule has 0 aromatic carbocycles. The van der Waals surface area contributed by atoms with Gasteiger partial charge in [0.15, 0.2) is 12.4 Å². The summed E-state index contributed by atoms with van der Waals surface area (Å²) in [5.74, 6) is 0.836. The Morgan fingerprint density at radius 2 is 1.93 bits per heavy atom. The predicted octanol–water partition coefficient (Wildman–Crippen LogP) is -1.52. The number of halogens is 1. The number of rotatable bonds is 1. The van der Waals surface area contributed by atoms with Crippen LogP contribution in [0.1, 0.15) is 5.76 Å². The van der Waals surface area contributed by atoms with Crippen LogP contribution in [0.4, 0.5) is 0 Å². The molecule has 2 aromatic rings. The van der Waals surface area contributed by atoms with Crippen LogP contribution in [0.2, 0.25) is 0 Å². The first-order chi connectivity index (χ1) is 6.25. The van der Waals surface area contributed by atoms with Crippen molar-refractivity contribution >= 4 is 0 Å². The van der Waals surface area contributed by atoms with E-state index < -0.39 is 0 Å². The van der Waals surface area contributed by atoms with Gasteiger partial charge in [0, 0.05) is 23.8 Å². The lowest BCUT2D eigenvalue weighted by Gasteiger charge is -1.91. The fourth-order valence-corrected chi connectivity index (χ4v) is 1.17. The van der Waals surface area contributed by atoms with Crippen molar-refractivity contribution < 1.29 is 21.5 Å². The van der Waals surface area contributed by atoms with Crippen molar-refractivity contribution in [2.75, 3.05) is 0 Å². The SMILES string of the molecule is Cc1cc(-c2cc[n+](C)cc2)no1.[Cl-]. The van der Waals surface area contributed by atoms with Crippen LogP contribution in [0.3, 0.4) is 0 Å². The number of aryl methyl sites for hydroxylation is 2. The second-order valence-electron chi connectivity index (χ2n) is 3.08. The first kappa shape index (κ1) is 10.7. The van der Waals surface area contributed by atoms with Crippen molar-refractivity contribution in [2.45, 2.75) is 6.92 Å². The Morgan fingerprint density at radius 1 is 1.29 bits per heavy atom. The van der Waals surface area contributed by atoms with E-state index in [1.807, 2.05) is 49.1 Å². The summed E-state index contributed by atoms with van der Waals surface area (Å²) in [6, 6.07) is 5.95. The third kappa shape index (κ3) is 2.12. The van der Waals surface area contributed by atoms with E-state index >= 15 is 0 Å². The van der Waals surface area contributed by atoms with Crippen molar-refractivity contribution in [3.63, 3.8) is 0 Å². The molecule has 0 N–H and O–H groups in total. The summed E-state index contributed by atoms with van der Waals surface area (Å²) in [6.45, 7) is 1.89. The van der Waals surface area contributed by atoms with Gasteiger partial charge in [0.05, 0.1) is 0 Å². The zero-order valence-corrected chi connectivity index (χ0v) is 8.82. The molecule has 0 spiro atoms. The monoisotopic (exact) mass is 210 g/mol. The van der Waals surface area contributed by atoms with Gasteiger partial charge in [-0.1, -0.05) is 5.16 Å². The lowest BCUT2D eigenvalue weighted by molar-refractivity contribution is -0.671. The van der Waals surface area contributed by atoms with Gasteiger partial charge in [-0.25, -0.2) is 4.57 Å². The molecule has 2 aromatic heterocycles. The van der Waals surface area contributed by atoms with Crippen molar-refractivity contribution in [1.82, 2.24) is 5.16 Å². The Bertz CT molecular complexity index is 408. The molecule has 0 amide bonds. The number of aromatic nitrogens is 2. The lowest BCUT2D eigenvalue weighted by Crippen LogP contribution is -3.00. The van der Waals surface area contributed by atoms with Gasteiger partial charge >= 0.3 is 0 Å². The molecule has 14 heavy (non-hydrogen) atoms. The summed E-state index contributed by atoms with van der Waals surface area (Å²) in [6.07, 6.45) is 3.97. The molecule has 0 fully saturated rings. The van der Waals surface area contributed by atoms with Crippen LogP contribution in [0.25, 0.3) is 11.3 Å². The van der Waals surface area contributed by atoms with E-state index in [0.717, 1.165) is 17.0 Å². The minimum Gasteiger partial charge on any atom is -1.00 e. The molecule has 0 aliphatic heterocycles. The van der Waals surface area contributed by atoms with Crippen molar-refractivity contribution in [3.8, 4) is 11.3 Å². The second-order valence-corrected chi connectivity index (χ2v) is 3.08. The highest BCUT2D eigenvalue weighted by molar-refractivity contribution is 5.57. The Kier molecular flexibility index (Phi) is 3.25. The maximum Gasteiger partial charge on any atom is 0.169 e. The number of pyridine rings is 1. The summed E-state index contributed by atoms with van der Waals surface area (Å²) in [4.78, 5) is 0. The molecule has 0 radical (unpaired) electrons. The topological polar surface area (TPSA) is 29.9 Å². The molecule has 74 valence electrons. The van der Waals surface area contributed by atoms with Crippen LogP contribution in [0.15, 0.2) is 35.1 Å². The van der Waals surface area contributed by atoms with E-state index in [2.05, 4.69) is 5.16 Å². The first-order valence-corrected chi connectivity index (χ1v) is 4.15. The van der Waals surface area contributed by atoms with Crippen molar-refractivity contribution in [2.24, 2.45) is 7.05 Å². The molecule has 2 rings (SSSR count). The molecule has 2 heterocycles. The van der Waals surface area contributed by atoms with Crippen LogP contribution >= 0.6 is 0 Å². The van der Waals surface area contributed by atoms with Gasteiger partial charge in [-0.3, -0.25) is 0 Å². The summed E-state index contributed by atoms with van der Waals surface area (Å²) in [5, 5.41) is 3.93. The van der Waals surface area contributed by atoms with Gasteiger partial charge in [0.2, 0.25) is 0 Å². The summed E-state index contributed by atoms with van der Waals surface area (Å²) in [7, 11) is 1.98. The molecule has 0 bridgehead atoms. The predicted molar refractivity (Wildman–Crippen MR) is 47.9 cm³/mol. The fraction of sp³-hybridized carbons (Fsp3) is 0.200. The highest BCUT2D eigenvalue weighted by atomic mass is 35.5. The average molecular weight is 211 g/mol. The van der Waals surface area contributed by atoms with Crippen molar-refractivity contribution in [3.05, 3.63) is 36.4 Å². The molecular weight excluding hydrogens is 200 g/mol. The third-order valence-corrected chi connectivity index (χ3v) is 1.90. The third-order valence-electron chi connectivity index (χ3n) is 1.90. The van der Waals surface area contributed by atoms with Crippen LogP contribution in [-0.2, 0) is 7.05 Å². The fourth-order valence-electron chi connectivity index (χ4n) is 1.17. The average Bonchev–Trinajstić information content (AvgIpc) is 2.53. The zero-order valence-electron chi connectivity index (χ0n) is 8.07. The number of nitrogens with zero attached hydrogens (tertiary/aromatic N) is 2. The van der Waals surface area contributed by atoms with Gasteiger partial charge in [-0.2, -0.15) is 0 Å².